The summed E-state index contributed by atoms with van der Waals surface area (Å²) in [5.41, 5.74) is 0.918. The largest absolute Gasteiger partial charge is 0.350 e. The molecule has 2 aromatic rings. The molecular formula is C20H50ClN11O2S. The molecule has 2 aliphatic rings. The monoisotopic (exact) mass is 543 g/mol. The van der Waals surface area contributed by atoms with Gasteiger partial charge in [-0.05, 0) is 56.2 Å². The minimum absolute atomic E-state index is 0. The minimum Gasteiger partial charge on any atom is -0.350 e. The molecule has 0 spiro atoms. The van der Waals surface area contributed by atoms with E-state index in [4.69, 9.17) is 10.1 Å². The maximum absolute atomic E-state index is 11.4. The van der Waals surface area contributed by atoms with E-state index in [1.165, 1.54) is 25.0 Å². The number of hydrogen-bond donors (Lipinski definition) is 6. The van der Waals surface area contributed by atoms with Crippen LogP contribution in [0.4, 0.5) is 17.8 Å². The van der Waals surface area contributed by atoms with Gasteiger partial charge in [-0.2, -0.15) is 15.0 Å². The number of rotatable bonds is 6. The predicted octanol–water partition coefficient (Wildman–Crippen LogP) is 4.17. The van der Waals surface area contributed by atoms with Gasteiger partial charge in [-0.1, -0.05) is 12.1 Å². The summed E-state index contributed by atoms with van der Waals surface area (Å²) in [6, 6.07) is 6.51. The number of anilines is 3. The summed E-state index contributed by atoms with van der Waals surface area (Å²) in [6.07, 6.45) is 7.13. The fraction of sp³-hybridized carbons (Fsp3) is 0.550. The summed E-state index contributed by atoms with van der Waals surface area (Å²) in [6.45, 7) is 4.36. The summed E-state index contributed by atoms with van der Waals surface area (Å²) in [5, 5.41) is 8.45. The molecule has 2 saturated heterocycles. The third-order valence-corrected chi connectivity index (χ3v) is 6.52. The second-order valence-corrected chi connectivity index (χ2v) is 9.46. The topological polar surface area (TPSA) is 257 Å². The number of nitrogens with two attached hydrogens (primary N) is 1. The Morgan fingerprint density at radius 3 is 1.60 bits per heavy atom. The summed E-state index contributed by atoms with van der Waals surface area (Å²) in [4.78, 5) is 18.7. The van der Waals surface area contributed by atoms with E-state index in [9.17, 15) is 8.42 Å². The highest BCUT2D eigenvalue weighted by Gasteiger charge is 2.20. The quantitative estimate of drug-likeness (QED) is 0.299. The van der Waals surface area contributed by atoms with Gasteiger partial charge in [-0.15, -0.1) is 12.4 Å². The van der Waals surface area contributed by atoms with Crippen molar-refractivity contribution >= 4 is 40.3 Å². The van der Waals surface area contributed by atoms with Gasteiger partial charge in [-0.25, -0.2) is 13.6 Å². The van der Waals surface area contributed by atoms with E-state index >= 15 is 0 Å². The Bertz CT molecular complexity index is 950. The SMILES string of the molecule is Cl.N.N.N.N.NS(=O)(=O)c1ccc(CNc2nc(N3CCCCC3)nc(N3CCCCC3)n2)cc1.[HH].[HH].[HH].[HH]. The smallest absolute Gasteiger partial charge is 0.238 e. The Morgan fingerprint density at radius 2 is 1.20 bits per heavy atom. The van der Waals surface area contributed by atoms with Crippen LogP contribution in [0.25, 0.3) is 0 Å². The number of primary sulfonamides is 1. The molecule has 210 valence electrons. The van der Waals surface area contributed by atoms with Gasteiger partial charge in [0.25, 0.3) is 0 Å². The van der Waals surface area contributed by atoms with Crippen molar-refractivity contribution in [3.63, 3.8) is 0 Å². The number of halogens is 1. The zero-order chi connectivity index (χ0) is 21.0. The van der Waals surface area contributed by atoms with E-state index in [2.05, 4.69) is 25.1 Å². The number of benzene rings is 1. The van der Waals surface area contributed by atoms with Crippen molar-refractivity contribution in [1.29, 1.82) is 0 Å². The molecule has 0 saturated carbocycles. The van der Waals surface area contributed by atoms with E-state index in [1.54, 1.807) is 12.1 Å². The van der Waals surface area contributed by atoms with Crippen LogP contribution in [0.3, 0.4) is 0 Å². The molecule has 15 N–H and O–H groups in total. The fourth-order valence-electron chi connectivity index (χ4n) is 3.88. The fourth-order valence-corrected chi connectivity index (χ4v) is 4.40. The molecule has 0 atom stereocenters. The highest BCUT2D eigenvalue weighted by molar-refractivity contribution is 7.89. The Morgan fingerprint density at radius 1 is 0.771 bits per heavy atom. The Hall–Kier alpha value is -2.33. The molecule has 4 rings (SSSR count). The molecule has 1 aromatic carbocycles. The number of hydrogen-bond acceptors (Lipinski definition) is 12. The van der Waals surface area contributed by atoms with Gasteiger partial charge >= 0.3 is 0 Å². The zero-order valence-electron chi connectivity index (χ0n) is 20.4. The second kappa shape index (κ2) is 15.6. The Labute approximate surface area is 220 Å². The average molecular weight is 544 g/mol. The van der Waals surface area contributed by atoms with Crippen LogP contribution >= 0.6 is 12.4 Å². The highest BCUT2D eigenvalue weighted by atomic mass is 35.5. The van der Waals surface area contributed by atoms with Crippen LogP contribution in [0.2, 0.25) is 0 Å². The van der Waals surface area contributed by atoms with Crippen LogP contribution < -0.4 is 44.9 Å². The van der Waals surface area contributed by atoms with Gasteiger partial charge in [0.15, 0.2) is 0 Å². The van der Waals surface area contributed by atoms with Crippen LogP contribution in [0, 0.1) is 0 Å². The molecule has 15 heteroatoms. The van der Waals surface area contributed by atoms with Gasteiger partial charge < -0.3 is 39.7 Å². The van der Waals surface area contributed by atoms with Gasteiger partial charge in [0.05, 0.1) is 4.90 Å². The number of nitrogens with zero attached hydrogens (tertiary/aromatic N) is 5. The van der Waals surface area contributed by atoms with Gasteiger partial charge in [0, 0.05) is 38.4 Å². The lowest BCUT2D eigenvalue weighted by Gasteiger charge is -2.30. The molecule has 0 aliphatic carbocycles. The van der Waals surface area contributed by atoms with E-state index in [1.807, 2.05) is 0 Å². The van der Waals surface area contributed by atoms with E-state index < -0.39 is 10.0 Å². The summed E-state index contributed by atoms with van der Waals surface area (Å²) in [7, 11) is -3.69. The normalized spacial score (nSPS) is 15.2. The predicted molar refractivity (Wildman–Crippen MR) is 153 cm³/mol. The molecule has 0 amide bonds. The molecule has 2 aliphatic heterocycles. The van der Waals surface area contributed by atoms with Crippen molar-refractivity contribution in [2.75, 3.05) is 41.3 Å². The van der Waals surface area contributed by atoms with Crippen molar-refractivity contribution in [1.82, 2.24) is 39.6 Å². The first-order chi connectivity index (χ1) is 14.5. The second-order valence-electron chi connectivity index (χ2n) is 7.90. The van der Waals surface area contributed by atoms with E-state index in [0.29, 0.717) is 12.5 Å². The summed E-state index contributed by atoms with van der Waals surface area (Å²) >= 11 is 0. The van der Waals surface area contributed by atoms with Crippen molar-refractivity contribution in [2.24, 2.45) is 5.14 Å². The Kier molecular flexibility index (Phi) is 15.5. The van der Waals surface area contributed by atoms with Gasteiger partial charge in [0.1, 0.15) is 0 Å². The summed E-state index contributed by atoms with van der Waals surface area (Å²) in [5.74, 6) is 2.01. The lowest BCUT2D eigenvalue weighted by Crippen LogP contribution is -2.34. The van der Waals surface area contributed by atoms with Gasteiger partial charge in [0.2, 0.25) is 27.9 Å². The lowest BCUT2D eigenvalue weighted by molar-refractivity contribution is 0.556. The number of aromatic nitrogens is 3. The maximum atomic E-state index is 11.4. The first-order valence-electron chi connectivity index (χ1n) is 10.6. The van der Waals surface area contributed by atoms with Crippen molar-refractivity contribution < 1.29 is 14.1 Å². The molecule has 3 heterocycles. The maximum Gasteiger partial charge on any atom is 0.238 e. The van der Waals surface area contributed by atoms with Crippen LogP contribution in [0.15, 0.2) is 29.2 Å². The lowest BCUT2D eigenvalue weighted by atomic mass is 10.1. The Balaban J connectivity index is -0.000000302. The van der Waals surface area contributed by atoms with Crippen LogP contribution in [0.5, 0.6) is 0 Å². The molecule has 0 bridgehead atoms. The molecular weight excluding hydrogens is 494 g/mol. The van der Waals surface area contributed by atoms with Crippen LogP contribution in [0.1, 0.15) is 49.8 Å². The van der Waals surface area contributed by atoms with Crippen molar-refractivity contribution in [3.05, 3.63) is 29.8 Å². The third-order valence-electron chi connectivity index (χ3n) is 5.59. The van der Waals surface area contributed by atoms with E-state index in [-0.39, 0.29) is 47.6 Å². The number of sulfonamides is 1. The number of nitrogens with one attached hydrogen (secondary N) is 1. The number of piperidine rings is 2. The average Bonchev–Trinajstić information content (AvgIpc) is 2.78. The summed E-state index contributed by atoms with van der Waals surface area (Å²) < 4.78 is 22.8. The molecule has 1 aromatic heterocycles. The molecule has 13 nitrogen and oxygen atoms in total. The van der Waals surface area contributed by atoms with Crippen molar-refractivity contribution in [2.45, 2.75) is 50.0 Å². The molecule has 0 radical (unpaired) electrons. The molecule has 0 unspecified atom stereocenters. The van der Waals surface area contributed by atoms with E-state index in [0.717, 1.165) is 69.3 Å². The zero-order valence-corrected chi connectivity index (χ0v) is 22.0. The third kappa shape index (κ3) is 9.33. The standard InChI is InChI=1S/C20H29N7O2S.ClH.4H3N.4H2/c21-30(28,29)17-9-7-16(8-10-17)15-22-18-23-19(26-11-3-1-4-12-26)25-20(24-18)27-13-5-2-6-14-27;;;;;;;;;/h7-10H,1-6,11-15H2,(H2,21,28,29)(H,22,23,24,25);1H;4*1H3;4*1H. The molecule has 2 fully saturated rings. The molecule has 35 heavy (non-hydrogen) atoms. The van der Waals surface area contributed by atoms with Crippen LogP contribution in [-0.4, -0.2) is 49.5 Å². The highest BCUT2D eigenvalue weighted by Crippen LogP contribution is 2.23. The van der Waals surface area contributed by atoms with Crippen LogP contribution in [-0.2, 0) is 16.6 Å². The van der Waals surface area contributed by atoms with Gasteiger partial charge in [-0.3, -0.25) is 0 Å². The first kappa shape index (κ1) is 34.8. The minimum atomic E-state index is -3.69. The first-order valence-corrected chi connectivity index (χ1v) is 12.2. The van der Waals surface area contributed by atoms with Crippen molar-refractivity contribution in [3.8, 4) is 0 Å².